The molecular weight excluding hydrogens is 347 g/mol. The van der Waals surface area contributed by atoms with E-state index in [9.17, 15) is 9.18 Å². The van der Waals surface area contributed by atoms with E-state index in [2.05, 4.69) is 16.3 Å². The second-order valence-corrected chi connectivity index (χ2v) is 8.84. The van der Waals surface area contributed by atoms with E-state index in [4.69, 9.17) is 0 Å². The van der Waals surface area contributed by atoms with Crippen molar-refractivity contribution in [1.82, 2.24) is 9.80 Å². The zero-order valence-corrected chi connectivity index (χ0v) is 15.6. The molecule has 1 aromatic carbocycles. The Bertz CT molecular complexity index is 804. The van der Waals surface area contributed by atoms with Gasteiger partial charge in [0.1, 0.15) is 5.82 Å². The van der Waals surface area contributed by atoms with Gasteiger partial charge in [0.25, 0.3) is 0 Å². The molecule has 3 aliphatic rings. The maximum atomic E-state index is 13.2. The lowest BCUT2D eigenvalue weighted by molar-refractivity contribution is 0.101. The van der Waals surface area contributed by atoms with Crippen LogP contribution in [0.1, 0.15) is 47.6 Å². The molecule has 0 radical (unpaired) electrons. The molecule has 26 heavy (non-hydrogen) atoms. The topological polar surface area (TPSA) is 23.6 Å². The van der Waals surface area contributed by atoms with Gasteiger partial charge in [0, 0.05) is 30.1 Å². The van der Waals surface area contributed by atoms with E-state index in [0.717, 1.165) is 45.2 Å². The number of halogens is 1. The van der Waals surface area contributed by atoms with E-state index < -0.39 is 0 Å². The van der Waals surface area contributed by atoms with Crippen molar-refractivity contribution in [3.05, 3.63) is 57.5 Å². The Balaban J connectivity index is 1.31. The lowest BCUT2D eigenvalue weighted by atomic mass is 9.85. The monoisotopic (exact) mass is 370 g/mol. The number of carbonyl (C=O) groups excluding carboxylic acids is 1. The quantitative estimate of drug-likeness (QED) is 0.709. The van der Waals surface area contributed by atoms with Crippen LogP contribution in [-0.2, 0) is 13.0 Å². The van der Waals surface area contributed by atoms with Crippen molar-refractivity contribution in [3.63, 3.8) is 0 Å². The normalized spacial score (nSPS) is 27.5. The molecule has 2 atom stereocenters. The maximum absolute atomic E-state index is 13.2. The number of carbonyl (C=O) groups is 1. The van der Waals surface area contributed by atoms with Gasteiger partial charge in [-0.05, 0) is 72.7 Å². The SMILES string of the molecule is O=C(N1CCc2sccc2C1)N1C2CCC1CC(c1ccc(F)cc1)C2. The molecule has 0 N–H and O–H groups in total. The lowest BCUT2D eigenvalue weighted by Gasteiger charge is -2.42. The lowest BCUT2D eigenvalue weighted by Crippen LogP contribution is -2.52. The van der Waals surface area contributed by atoms with Gasteiger partial charge in [-0.3, -0.25) is 0 Å². The summed E-state index contributed by atoms with van der Waals surface area (Å²) in [5.74, 6) is 0.268. The second kappa shape index (κ2) is 6.38. The van der Waals surface area contributed by atoms with E-state index >= 15 is 0 Å². The van der Waals surface area contributed by atoms with Crippen molar-refractivity contribution < 1.29 is 9.18 Å². The molecular formula is C21H23FN2OS. The van der Waals surface area contributed by atoms with Crippen LogP contribution in [0.25, 0.3) is 0 Å². The molecule has 2 aromatic rings. The molecule has 0 aliphatic carbocycles. The number of hydrogen-bond donors (Lipinski definition) is 0. The first kappa shape index (κ1) is 16.3. The Morgan fingerprint density at radius 3 is 2.54 bits per heavy atom. The minimum atomic E-state index is -0.178. The highest BCUT2D eigenvalue weighted by molar-refractivity contribution is 7.10. The number of piperidine rings is 1. The predicted molar refractivity (Wildman–Crippen MR) is 101 cm³/mol. The number of nitrogens with zero attached hydrogens (tertiary/aromatic N) is 2. The van der Waals surface area contributed by atoms with Crippen molar-refractivity contribution >= 4 is 17.4 Å². The number of benzene rings is 1. The fraction of sp³-hybridized carbons (Fsp3) is 0.476. The van der Waals surface area contributed by atoms with Gasteiger partial charge in [0.05, 0.1) is 0 Å². The van der Waals surface area contributed by atoms with E-state index in [1.807, 2.05) is 28.4 Å². The van der Waals surface area contributed by atoms with Crippen LogP contribution in [0.5, 0.6) is 0 Å². The van der Waals surface area contributed by atoms with Gasteiger partial charge in [-0.1, -0.05) is 12.1 Å². The minimum absolute atomic E-state index is 0.178. The zero-order chi connectivity index (χ0) is 17.7. The van der Waals surface area contributed by atoms with E-state index in [-0.39, 0.29) is 11.8 Å². The average molecular weight is 370 g/mol. The molecule has 5 rings (SSSR count). The van der Waals surface area contributed by atoms with Crippen molar-refractivity contribution in [2.24, 2.45) is 0 Å². The first-order valence-corrected chi connectivity index (χ1v) is 10.4. The molecule has 0 saturated carbocycles. The van der Waals surface area contributed by atoms with E-state index in [1.54, 1.807) is 12.1 Å². The summed E-state index contributed by atoms with van der Waals surface area (Å²) in [5.41, 5.74) is 2.54. The number of hydrogen-bond acceptors (Lipinski definition) is 2. The fourth-order valence-electron chi connectivity index (χ4n) is 5.07. The number of urea groups is 1. The standard InChI is InChI=1S/C21H23FN2OS/c22-17-3-1-14(2-4-17)16-11-18-5-6-19(12-16)24(18)21(25)23-9-7-20-15(13-23)8-10-26-20/h1-4,8,10,16,18-19H,5-7,9,11-13H2. The van der Waals surface area contributed by atoms with Crippen LogP contribution in [-0.4, -0.2) is 34.5 Å². The summed E-state index contributed by atoms with van der Waals surface area (Å²) >= 11 is 1.81. The van der Waals surface area contributed by atoms with E-state index in [0.29, 0.717) is 18.0 Å². The highest BCUT2D eigenvalue weighted by atomic mass is 32.1. The summed E-state index contributed by atoms with van der Waals surface area (Å²) in [7, 11) is 0. The molecule has 1 aromatic heterocycles. The first-order valence-electron chi connectivity index (χ1n) is 9.57. The van der Waals surface area contributed by atoms with Crippen molar-refractivity contribution in [2.75, 3.05) is 6.54 Å². The smallest absolute Gasteiger partial charge is 0.320 e. The van der Waals surface area contributed by atoms with Gasteiger partial charge in [0.15, 0.2) is 0 Å². The third-order valence-electron chi connectivity index (χ3n) is 6.37. The molecule has 4 heterocycles. The second-order valence-electron chi connectivity index (χ2n) is 7.84. The van der Waals surface area contributed by atoms with Crippen molar-refractivity contribution in [2.45, 2.75) is 56.7 Å². The number of fused-ring (bicyclic) bond motifs is 3. The largest absolute Gasteiger partial charge is 0.320 e. The molecule has 3 aliphatic heterocycles. The number of rotatable bonds is 1. The highest BCUT2D eigenvalue weighted by Gasteiger charge is 2.45. The number of amides is 2. The molecule has 2 amide bonds. The van der Waals surface area contributed by atoms with Crippen molar-refractivity contribution in [1.29, 1.82) is 0 Å². The summed E-state index contributed by atoms with van der Waals surface area (Å²) in [5, 5.41) is 2.14. The van der Waals surface area contributed by atoms with Crippen molar-refractivity contribution in [3.8, 4) is 0 Å². The number of thiophene rings is 1. The van der Waals surface area contributed by atoms with Crippen LogP contribution >= 0.6 is 11.3 Å². The van der Waals surface area contributed by atoms with Gasteiger partial charge in [-0.25, -0.2) is 9.18 Å². The minimum Gasteiger partial charge on any atom is -0.320 e. The Labute approximate surface area is 157 Å². The van der Waals surface area contributed by atoms with Crippen LogP contribution in [0.3, 0.4) is 0 Å². The molecule has 3 nitrogen and oxygen atoms in total. The van der Waals surface area contributed by atoms with Crippen LogP contribution in [0.15, 0.2) is 35.7 Å². The van der Waals surface area contributed by atoms with Gasteiger partial charge < -0.3 is 9.80 Å². The summed E-state index contributed by atoms with van der Waals surface area (Å²) in [6.07, 6.45) is 5.20. The molecule has 2 fully saturated rings. The van der Waals surface area contributed by atoms with Crippen LogP contribution in [0.2, 0.25) is 0 Å². The molecule has 2 saturated heterocycles. The van der Waals surface area contributed by atoms with Gasteiger partial charge in [0.2, 0.25) is 0 Å². The molecule has 136 valence electrons. The predicted octanol–water partition coefficient (Wildman–Crippen LogP) is 4.78. The highest BCUT2D eigenvalue weighted by Crippen LogP contribution is 2.43. The van der Waals surface area contributed by atoms with Crippen LogP contribution in [0, 0.1) is 5.82 Å². The van der Waals surface area contributed by atoms with Crippen LogP contribution in [0.4, 0.5) is 9.18 Å². The first-order chi connectivity index (χ1) is 12.7. The summed E-state index contributed by atoms with van der Waals surface area (Å²) in [6.45, 7) is 1.60. The third-order valence-corrected chi connectivity index (χ3v) is 7.40. The molecule has 2 bridgehead atoms. The summed E-state index contributed by atoms with van der Waals surface area (Å²) < 4.78 is 13.2. The Hall–Kier alpha value is -1.88. The van der Waals surface area contributed by atoms with Gasteiger partial charge in [-0.2, -0.15) is 0 Å². The van der Waals surface area contributed by atoms with E-state index in [1.165, 1.54) is 16.0 Å². The zero-order valence-electron chi connectivity index (χ0n) is 14.7. The molecule has 2 unspecified atom stereocenters. The summed E-state index contributed by atoms with van der Waals surface area (Å²) in [4.78, 5) is 18.9. The van der Waals surface area contributed by atoms with Crippen LogP contribution < -0.4 is 0 Å². The Kier molecular flexibility index (Phi) is 4.00. The third kappa shape index (κ3) is 2.73. The Morgan fingerprint density at radius 1 is 1.08 bits per heavy atom. The van der Waals surface area contributed by atoms with Gasteiger partial charge in [-0.15, -0.1) is 11.3 Å². The molecule has 0 spiro atoms. The Morgan fingerprint density at radius 2 is 1.81 bits per heavy atom. The maximum Gasteiger partial charge on any atom is 0.320 e. The summed E-state index contributed by atoms with van der Waals surface area (Å²) in [6, 6.07) is 10.0. The fourth-order valence-corrected chi connectivity index (χ4v) is 5.96. The van der Waals surface area contributed by atoms with Gasteiger partial charge >= 0.3 is 6.03 Å². The molecule has 5 heteroatoms. The average Bonchev–Trinajstić information content (AvgIpc) is 3.23.